The minimum absolute atomic E-state index is 0.817. The molecule has 2 aromatic rings. The zero-order valence-electron chi connectivity index (χ0n) is 10.8. The van der Waals surface area contributed by atoms with Crippen molar-refractivity contribution in [1.29, 1.82) is 0 Å². The van der Waals surface area contributed by atoms with Gasteiger partial charge in [-0.2, -0.15) is 0 Å². The molecule has 0 aliphatic rings. The molecule has 0 aromatic heterocycles. The van der Waals surface area contributed by atoms with Gasteiger partial charge in [0.25, 0.3) is 0 Å². The van der Waals surface area contributed by atoms with Crippen LogP contribution in [0.25, 0.3) is 5.57 Å². The van der Waals surface area contributed by atoms with Crippen LogP contribution < -0.4 is 5.32 Å². The van der Waals surface area contributed by atoms with Crippen LogP contribution in [-0.2, 0) is 6.54 Å². The lowest BCUT2D eigenvalue weighted by molar-refractivity contribution is 0.768. The van der Waals surface area contributed by atoms with Gasteiger partial charge in [-0.05, 0) is 23.6 Å². The number of rotatable bonds is 5. The first-order valence-electron chi connectivity index (χ1n) is 6.25. The lowest BCUT2D eigenvalue weighted by Gasteiger charge is -2.08. The molecule has 1 nitrogen and oxygen atoms in total. The standard InChI is InChI=1S/C17H19N/c1-14-8-10-16(11-9-14)13-18-12-15(2)17-6-4-3-5-7-17/h3-11,18H,2,12-13H2,1H3. The molecule has 0 aliphatic carbocycles. The molecular weight excluding hydrogens is 218 g/mol. The maximum Gasteiger partial charge on any atom is 0.0208 e. The number of benzene rings is 2. The van der Waals surface area contributed by atoms with Crippen molar-refractivity contribution in [2.24, 2.45) is 0 Å². The number of nitrogens with one attached hydrogen (secondary N) is 1. The van der Waals surface area contributed by atoms with Crippen LogP contribution in [-0.4, -0.2) is 6.54 Å². The van der Waals surface area contributed by atoms with E-state index in [2.05, 4.69) is 55.2 Å². The Bertz CT molecular complexity index is 497. The Morgan fingerprint density at radius 2 is 1.67 bits per heavy atom. The Morgan fingerprint density at radius 3 is 2.33 bits per heavy atom. The summed E-state index contributed by atoms with van der Waals surface area (Å²) < 4.78 is 0. The topological polar surface area (TPSA) is 12.0 Å². The average Bonchev–Trinajstić information content (AvgIpc) is 2.42. The Hall–Kier alpha value is -1.86. The van der Waals surface area contributed by atoms with Gasteiger partial charge in [-0.15, -0.1) is 0 Å². The van der Waals surface area contributed by atoms with Crippen LogP contribution >= 0.6 is 0 Å². The fourth-order valence-corrected chi connectivity index (χ4v) is 1.84. The van der Waals surface area contributed by atoms with Crippen LogP contribution in [0, 0.1) is 6.92 Å². The molecule has 0 atom stereocenters. The zero-order valence-corrected chi connectivity index (χ0v) is 10.8. The third-order valence-corrected chi connectivity index (χ3v) is 2.97. The highest BCUT2D eigenvalue weighted by atomic mass is 14.8. The van der Waals surface area contributed by atoms with Crippen LogP contribution in [0.3, 0.4) is 0 Å². The first-order valence-corrected chi connectivity index (χ1v) is 6.25. The van der Waals surface area contributed by atoms with E-state index in [4.69, 9.17) is 0 Å². The third-order valence-electron chi connectivity index (χ3n) is 2.97. The van der Waals surface area contributed by atoms with E-state index in [1.54, 1.807) is 0 Å². The van der Waals surface area contributed by atoms with E-state index < -0.39 is 0 Å². The Morgan fingerprint density at radius 1 is 1.00 bits per heavy atom. The van der Waals surface area contributed by atoms with Crippen LogP contribution in [0.15, 0.2) is 61.2 Å². The van der Waals surface area contributed by atoms with Gasteiger partial charge in [-0.25, -0.2) is 0 Å². The predicted octanol–water partition coefficient (Wildman–Crippen LogP) is 3.80. The highest BCUT2D eigenvalue weighted by molar-refractivity contribution is 5.64. The van der Waals surface area contributed by atoms with Gasteiger partial charge in [0, 0.05) is 13.1 Å². The number of aryl methyl sites for hydroxylation is 1. The van der Waals surface area contributed by atoms with Gasteiger partial charge in [-0.1, -0.05) is 66.7 Å². The van der Waals surface area contributed by atoms with E-state index in [-0.39, 0.29) is 0 Å². The van der Waals surface area contributed by atoms with Gasteiger partial charge in [-0.3, -0.25) is 0 Å². The quantitative estimate of drug-likeness (QED) is 0.834. The molecule has 0 spiro atoms. The second-order valence-corrected chi connectivity index (χ2v) is 4.56. The van der Waals surface area contributed by atoms with Crippen LogP contribution in [0.1, 0.15) is 16.7 Å². The summed E-state index contributed by atoms with van der Waals surface area (Å²) in [5.41, 5.74) is 4.94. The van der Waals surface area contributed by atoms with E-state index in [1.165, 1.54) is 16.7 Å². The average molecular weight is 237 g/mol. The molecule has 2 aromatic carbocycles. The van der Waals surface area contributed by atoms with Gasteiger partial charge in [0.2, 0.25) is 0 Å². The summed E-state index contributed by atoms with van der Waals surface area (Å²) >= 11 is 0. The Balaban J connectivity index is 1.82. The molecule has 2 rings (SSSR count). The fourth-order valence-electron chi connectivity index (χ4n) is 1.84. The smallest absolute Gasteiger partial charge is 0.0208 e. The molecule has 0 unspecified atom stereocenters. The van der Waals surface area contributed by atoms with E-state index in [1.807, 2.05) is 18.2 Å². The second-order valence-electron chi connectivity index (χ2n) is 4.56. The SMILES string of the molecule is C=C(CNCc1ccc(C)cc1)c1ccccc1. The molecule has 0 saturated carbocycles. The van der Waals surface area contributed by atoms with Gasteiger partial charge in [0.15, 0.2) is 0 Å². The summed E-state index contributed by atoms with van der Waals surface area (Å²) in [5, 5.41) is 3.42. The van der Waals surface area contributed by atoms with Crippen LogP contribution in [0.2, 0.25) is 0 Å². The molecule has 0 bridgehead atoms. The first kappa shape index (κ1) is 12.6. The van der Waals surface area contributed by atoms with Crippen molar-refractivity contribution >= 4 is 5.57 Å². The van der Waals surface area contributed by atoms with Gasteiger partial charge in [0.1, 0.15) is 0 Å². The minimum Gasteiger partial charge on any atom is -0.309 e. The van der Waals surface area contributed by atoms with Crippen molar-refractivity contribution in [3.05, 3.63) is 77.9 Å². The number of hydrogen-bond acceptors (Lipinski definition) is 1. The normalized spacial score (nSPS) is 10.3. The summed E-state index contributed by atoms with van der Waals surface area (Å²) in [4.78, 5) is 0. The molecule has 0 fully saturated rings. The summed E-state index contributed by atoms with van der Waals surface area (Å²) in [6, 6.07) is 18.9. The third kappa shape index (κ3) is 3.57. The van der Waals surface area contributed by atoms with E-state index in [9.17, 15) is 0 Å². The molecule has 18 heavy (non-hydrogen) atoms. The van der Waals surface area contributed by atoms with Crippen LogP contribution in [0.4, 0.5) is 0 Å². The van der Waals surface area contributed by atoms with Gasteiger partial charge >= 0.3 is 0 Å². The van der Waals surface area contributed by atoms with Gasteiger partial charge in [0.05, 0.1) is 0 Å². The van der Waals surface area contributed by atoms with Gasteiger partial charge < -0.3 is 5.32 Å². The highest BCUT2D eigenvalue weighted by Crippen LogP contribution is 2.10. The summed E-state index contributed by atoms with van der Waals surface area (Å²) in [6.07, 6.45) is 0. The van der Waals surface area contributed by atoms with Crippen molar-refractivity contribution in [3.63, 3.8) is 0 Å². The summed E-state index contributed by atoms with van der Waals surface area (Å²) in [7, 11) is 0. The maximum absolute atomic E-state index is 4.11. The molecule has 0 heterocycles. The lowest BCUT2D eigenvalue weighted by Crippen LogP contribution is -2.15. The van der Waals surface area contributed by atoms with Crippen molar-refractivity contribution < 1.29 is 0 Å². The fraction of sp³-hybridized carbons (Fsp3) is 0.176. The monoisotopic (exact) mass is 237 g/mol. The molecule has 92 valence electrons. The summed E-state index contributed by atoms with van der Waals surface area (Å²) in [5.74, 6) is 0. The summed E-state index contributed by atoms with van der Waals surface area (Å²) in [6.45, 7) is 7.91. The number of hydrogen-bond donors (Lipinski definition) is 1. The lowest BCUT2D eigenvalue weighted by atomic mass is 10.1. The van der Waals surface area contributed by atoms with Crippen molar-refractivity contribution in [2.75, 3.05) is 6.54 Å². The second kappa shape index (κ2) is 6.18. The van der Waals surface area contributed by atoms with E-state index >= 15 is 0 Å². The minimum atomic E-state index is 0.817. The zero-order chi connectivity index (χ0) is 12.8. The predicted molar refractivity (Wildman–Crippen MR) is 78.4 cm³/mol. The molecule has 0 amide bonds. The molecule has 1 heteroatoms. The molecular formula is C17H19N. The Labute approximate surface area is 109 Å². The molecule has 0 saturated heterocycles. The van der Waals surface area contributed by atoms with Crippen molar-refractivity contribution in [1.82, 2.24) is 5.32 Å². The Kier molecular flexibility index (Phi) is 4.32. The molecule has 0 aliphatic heterocycles. The van der Waals surface area contributed by atoms with E-state index in [0.717, 1.165) is 18.7 Å². The molecule has 1 N–H and O–H groups in total. The van der Waals surface area contributed by atoms with E-state index in [0.29, 0.717) is 0 Å². The van der Waals surface area contributed by atoms with Crippen LogP contribution in [0.5, 0.6) is 0 Å². The first-order chi connectivity index (χ1) is 8.75. The van der Waals surface area contributed by atoms with Crippen molar-refractivity contribution in [2.45, 2.75) is 13.5 Å². The van der Waals surface area contributed by atoms with Crippen molar-refractivity contribution in [3.8, 4) is 0 Å². The largest absolute Gasteiger partial charge is 0.309 e. The maximum atomic E-state index is 4.11. The molecule has 0 radical (unpaired) electrons. The highest BCUT2D eigenvalue weighted by Gasteiger charge is 1.98.